The summed E-state index contributed by atoms with van der Waals surface area (Å²) >= 11 is 3.43. The van der Waals surface area contributed by atoms with Crippen LogP contribution in [0.15, 0.2) is 53.0 Å². The Kier molecular flexibility index (Phi) is 4.39. The SMILES string of the molecule is C[C@@H](NCc1cccc(O)c1)c1ccc(Br)cc1. The first-order valence-electron chi connectivity index (χ1n) is 5.92. The second-order valence-corrected chi connectivity index (χ2v) is 5.24. The molecule has 2 rings (SSSR count). The van der Waals surface area contributed by atoms with Crippen molar-refractivity contribution in [2.24, 2.45) is 0 Å². The topological polar surface area (TPSA) is 32.3 Å². The molecule has 0 spiro atoms. The first-order chi connectivity index (χ1) is 8.65. The lowest BCUT2D eigenvalue weighted by Crippen LogP contribution is -2.17. The van der Waals surface area contributed by atoms with Gasteiger partial charge in [0.05, 0.1) is 0 Å². The minimum absolute atomic E-state index is 0.278. The maximum atomic E-state index is 9.39. The van der Waals surface area contributed by atoms with Crippen LogP contribution >= 0.6 is 15.9 Å². The number of halogens is 1. The van der Waals surface area contributed by atoms with Gasteiger partial charge in [-0.2, -0.15) is 0 Å². The fourth-order valence-corrected chi connectivity index (χ4v) is 2.07. The van der Waals surface area contributed by atoms with E-state index in [2.05, 4.69) is 40.3 Å². The molecule has 94 valence electrons. The molecule has 1 atom stereocenters. The van der Waals surface area contributed by atoms with Crippen molar-refractivity contribution in [2.75, 3.05) is 0 Å². The van der Waals surface area contributed by atoms with Crippen molar-refractivity contribution in [3.8, 4) is 5.75 Å². The Morgan fingerprint density at radius 3 is 2.56 bits per heavy atom. The highest BCUT2D eigenvalue weighted by molar-refractivity contribution is 9.10. The van der Waals surface area contributed by atoms with Crippen LogP contribution in [0.4, 0.5) is 0 Å². The van der Waals surface area contributed by atoms with Crippen molar-refractivity contribution in [3.05, 3.63) is 64.1 Å². The maximum absolute atomic E-state index is 9.39. The summed E-state index contributed by atoms with van der Waals surface area (Å²) in [5, 5.41) is 12.8. The van der Waals surface area contributed by atoms with Gasteiger partial charge in [0, 0.05) is 17.1 Å². The molecule has 3 heteroatoms. The summed E-state index contributed by atoms with van der Waals surface area (Å²) in [5.74, 6) is 0.311. The van der Waals surface area contributed by atoms with E-state index in [0.29, 0.717) is 5.75 Å². The Labute approximate surface area is 116 Å². The van der Waals surface area contributed by atoms with E-state index < -0.39 is 0 Å². The van der Waals surface area contributed by atoms with Gasteiger partial charge in [0.2, 0.25) is 0 Å². The number of phenols is 1. The van der Waals surface area contributed by atoms with Crippen molar-refractivity contribution in [2.45, 2.75) is 19.5 Å². The first-order valence-corrected chi connectivity index (χ1v) is 6.71. The normalized spacial score (nSPS) is 12.3. The van der Waals surface area contributed by atoms with Crippen molar-refractivity contribution in [1.82, 2.24) is 5.32 Å². The molecule has 0 aliphatic rings. The Bertz CT molecular complexity index is 510. The van der Waals surface area contributed by atoms with E-state index in [1.807, 2.05) is 24.3 Å². The molecular formula is C15H16BrNO. The standard InChI is InChI=1S/C15H16BrNO/c1-11(13-5-7-14(16)8-6-13)17-10-12-3-2-4-15(18)9-12/h2-9,11,17-18H,10H2,1H3/t11-/m1/s1. The number of rotatable bonds is 4. The molecule has 0 aromatic heterocycles. The van der Waals surface area contributed by atoms with Crippen molar-refractivity contribution in [1.29, 1.82) is 0 Å². The van der Waals surface area contributed by atoms with Crippen molar-refractivity contribution < 1.29 is 5.11 Å². The molecule has 2 aromatic carbocycles. The van der Waals surface area contributed by atoms with Crippen LogP contribution in [0, 0.1) is 0 Å². The van der Waals surface area contributed by atoms with E-state index in [9.17, 15) is 5.11 Å². The highest BCUT2D eigenvalue weighted by atomic mass is 79.9. The molecule has 0 amide bonds. The molecule has 2 nitrogen and oxygen atoms in total. The van der Waals surface area contributed by atoms with Crippen LogP contribution in [0.5, 0.6) is 5.75 Å². The highest BCUT2D eigenvalue weighted by Crippen LogP contribution is 2.17. The minimum Gasteiger partial charge on any atom is -0.508 e. The van der Waals surface area contributed by atoms with Gasteiger partial charge < -0.3 is 10.4 Å². The lowest BCUT2D eigenvalue weighted by molar-refractivity contribution is 0.473. The molecule has 0 aliphatic carbocycles. The predicted octanol–water partition coefficient (Wildman–Crippen LogP) is 4.01. The molecule has 0 saturated carbocycles. The van der Waals surface area contributed by atoms with Crippen molar-refractivity contribution in [3.63, 3.8) is 0 Å². The second-order valence-electron chi connectivity index (χ2n) is 4.32. The smallest absolute Gasteiger partial charge is 0.115 e. The zero-order chi connectivity index (χ0) is 13.0. The predicted molar refractivity (Wildman–Crippen MR) is 77.5 cm³/mol. The Hall–Kier alpha value is -1.32. The van der Waals surface area contributed by atoms with E-state index in [4.69, 9.17) is 0 Å². The molecule has 0 fully saturated rings. The quantitative estimate of drug-likeness (QED) is 0.894. The summed E-state index contributed by atoms with van der Waals surface area (Å²) in [7, 11) is 0. The van der Waals surface area contributed by atoms with E-state index in [1.165, 1.54) is 5.56 Å². The number of benzene rings is 2. The average molecular weight is 306 g/mol. The van der Waals surface area contributed by atoms with Crippen LogP contribution in [0.25, 0.3) is 0 Å². The van der Waals surface area contributed by atoms with Crippen LogP contribution in [0.1, 0.15) is 24.1 Å². The first kappa shape index (κ1) is 13.1. The van der Waals surface area contributed by atoms with Gasteiger partial charge in [0.15, 0.2) is 0 Å². The minimum atomic E-state index is 0.278. The highest BCUT2D eigenvalue weighted by Gasteiger charge is 2.04. The van der Waals surface area contributed by atoms with Gasteiger partial charge in [-0.25, -0.2) is 0 Å². The number of phenolic OH excluding ortho intramolecular Hbond substituents is 1. The van der Waals surface area contributed by atoms with Gasteiger partial charge >= 0.3 is 0 Å². The van der Waals surface area contributed by atoms with Crippen LogP contribution in [0.2, 0.25) is 0 Å². The summed E-state index contributed by atoms with van der Waals surface area (Å²) in [4.78, 5) is 0. The molecular weight excluding hydrogens is 290 g/mol. The Morgan fingerprint density at radius 1 is 1.17 bits per heavy atom. The maximum Gasteiger partial charge on any atom is 0.115 e. The van der Waals surface area contributed by atoms with Gasteiger partial charge in [-0.15, -0.1) is 0 Å². The summed E-state index contributed by atoms with van der Waals surface area (Å²) in [5.41, 5.74) is 2.33. The monoisotopic (exact) mass is 305 g/mol. The number of hydrogen-bond acceptors (Lipinski definition) is 2. The summed E-state index contributed by atoms with van der Waals surface area (Å²) < 4.78 is 1.09. The molecule has 0 unspecified atom stereocenters. The third-order valence-electron chi connectivity index (χ3n) is 2.89. The van der Waals surface area contributed by atoms with Crippen molar-refractivity contribution >= 4 is 15.9 Å². The van der Waals surface area contributed by atoms with Gasteiger partial charge in [-0.1, -0.05) is 40.2 Å². The summed E-state index contributed by atoms with van der Waals surface area (Å²) in [6.45, 7) is 2.87. The van der Waals surface area contributed by atoms with Gasteiger partial charge in [-0.3, -0.25) is 0 Å². The van der Waals surface area contributed by atoms with E-state index in [-0.39, 0.29) is 6.04 Å². The molecule has 0 heterocycles. The third kappa shape index (κ3) is 3.59. The van der Waals surface area contributed by atoms with E-state index in [0.717, 1.165) is 16.6 Å². The second kappa shape index (κ2) is 6.03. The molecule has 2 aromatic rings. The fourth-order valence-electron chi connectivity index (χ4n) is 1.81. The summed E-state index contributed by atoms with van der Waals surface area (Å²) in [6, 6.07) is 15.9. The number of nitrogens with one attached hydrogen (secondary N) is 1. The van der Waals surface area contributed by atoms with E-state index in [1.54, 1.807) is 12.1 Å². The molecule has 0 bridgehead atoms. The number of hydrogen-bond donors (Lipinski definition) is 2. The lowest BCUT2D eigenvalue weighted by atomic mass is 10.1. The number of aromatic hydroxyl groups is 1. The molecule has 0 aliphatic heterocycles. The Balaban J connectivity index is 1.96. The largest absolute Gasteiger partial charge is 0.508 e. The molecule has 18 heavy (non-hydrogen) atoms. The fraction of sp³-hybridized carbons (Fsp3) is 0.200. The average Bonchev–Trinajstić information content (AvgIpc) is 2.37. The van der Waals surface area contributed by atoms with Crippen LogP contribution < -0.4 is 5.32 Å². The summed E-state index contributed by atoms with van der Waals surface area (Å²) in [6.07, 6.45) is 0. The third-order valence-corrected chi connectivity index (χ3v) is 3.42. The van der Waals surface area contributed by atoms with Gasteiger partial charge in [0.25, 0.3) is 0 Å². The zero-order valence-electron chi connectivity index (χ0n) is 10.2. The molecule has 2 N–H and O–H groups in total. The van der Waals surface area contributed by atoms with Crippen LogP contribution in [-0.4, -0.2) is 5.11 Å². The van der Waals surface area contributed by atoms with Gasteiger partial charge in [-0.05, 0) is 42.3 Å². The Morgan fingerprint density at radius 2 is 1.89 bits per heavy atom. The zero-order valence-corrected chi connectivity index (χ0v) is 11.8. The van der Waals surface area contributed by atoms with E-state index >= 15 is 0 Å². The molecule has 0 saturated heterocycles. The molecule has 0 radical (unpaired) electrons. The lowest BCUT2D eigenvalue weighted by Gasteiger charge is -2.14. The van der Waals surface area contributed by atoms with Crippen LogP contribution in [-0.2, 0) is 6.54 Å². The van der Waals surface area contributed by atoms with Crippen LogP contribution in [0.3, 0.4) is 0 Å². The van der Waals surface area contributed by atoms with Gasteiger partial charge in [0.1, 0.15) is 5.75 Å².